The van der Waals surface area contributed by atoms with E-state index in [0.717, 1.165) is 59.7 Å². The number of aryl methyl sites for hydroxylation is 1. The van der Waals surface area contributed by atoms with Crippen LogP contribution in [0, 0.1) is 12.8 Å². The van der Waals surface area contributed by atoms with Crippen LogP contribution in [0.3, 0.4) is 0 Å². The van der Waals surface area contributed by atoms with Gasteiger partial charge in [-0.15, -0.1) is 0 Å². The molecular weight excluding hydrogens is 388 g/mol. The standard InChI is InChI=1S/C26H26N2O3/c1-17-8-10-18(11-9-17)25(29)27-22-7-3-6-20(14-22)24-15-21-16-28(13-12-23(21)31-24)26(30)19-4-2-5-19/h3,6-11,14-15,19H,2,4-5,12-13,16H2,1H3,(H,27,29). The van der Waals surface area contributed by atoms with Crippen LogP contribution in [0.2, 0.25) is 0 Å². The normalized spacial score (nSPS) is 15.8. The highest BCUT2D eigenvalue weighted by Gasteiger charge is 2.32. The number of nitrogens with one attached hydrogen (secondary N) is 1. The number of anilines is 1. The topological polar surface area (TPSA) is 62.6 Å². The van der Waals surface area contributed by atoms with Crippen molar-refractivity contribution in [2.24, 2.45) is 5.92 Å². The molecule has 0 atom stereocenters. The Morgan fingerprint density at radius 3 is 2.61 bits per heavy atom. The Bertz CT molecular complexity index is 1130. The van der Waals surface area contributed by atoms with Crippen molar-refractivity contribution < 1.29 is 14.0 Å². The largest absolute Gasteiger partial charge is 0.461 e. The molecule has 5 heteroatoms. The Balaban J connectivity index is 1.31. The van der Waals surface area contributed by atoms with Crippen molar-refractivity contribution in [2.45, 2.75) is 39.2 Å². The van der Waals surface area contributed by atoms with Gasteiger partial charge < -0.3 is 14.6 Å². The van der Waals surface area contributed by atoms with Crippen molar-refractivity contribution in [3.8, 4) is 11.3 Å². The predicted molar refractivity (Wildman–Crippen MR) is 120 cm³/mol. The Morgan fingerprint density at radius 2 is 1.87 bits per heavy atom. The number of hydrogen-bond acceptors (Lipinski definition) is 3. The van der Waals surface area contributed by atoms with Crippen LogP contribution < -0.4 is 5.32 Å². The van der Waals surface area contributed by atoms with Gasteiger partial charge in [0.05, 0.1) is 0 Å². The quantitative estimate of drug-likeness (QED) is 0.639. The van der Waals surface area contributed by atoms with Gasteiger partial charge >= 0.3 is 0 Å². The van der Waals surface area contributed by atoms with E-state index in [1.54, 1.807) is 0 Å². The number of hydrogen-bond donors (Lipinski definition) is 1. The maximum Gasteiger partial charge on any atom is 0.255 e. The van der Waals surface area contributed by atoms with Crippen molar-refractivity contribution >= 4 is 17.5 Å². The second-order valence-corrected chi connectivity index (χ2v) is 8.60. The van der Waals surface area contributed by atoms with Crippen LogP contribution in [0.25, 0.3) is 11.3 Å². The van der Waals surface area contributed by atoms with Crippen molar-refractivity contribution in [1.29, 1.82) is 0 Å². The summed E-state index contributed by atoms with van der Waals surface area (Å²) in [5.41, 5.74) is 4.46. The fourth-order valence-corrected chi connectivity index (χ4v) is 4.24. The van der Waals surface area contributed by atoms with E-state index in [1.807, 2.05) is 66.4 Å². The third-order valence-electron chi connectivity index (χ3n) is 6.35. The first-order valence-electron chi connectivity index (χ1n) is 11.0. The fraction of sp³-hybridized carbons (Fsp3) is 0.308. The molecule has 0 radical (unpaired) electrons. The molecule has 5 rings (SSSR count). The lowest BCUT2D eigenvalue weighted by Gasteiger charge is -2.33. The maximum absolute atomic E-state index is 12.6. The third-order valence-corrected chi connectivity index (χ3v) is 6.35. The molecule has 2 amide bonds. The molecular formula is C26H26N2O3. The first-order valence-corrected chi connectivity index (χ1v) is 11.0. The van der Waals surface area contributed by atoms with E-state index >= 15 is 0 Å². The number of amides is 2. The van der Waals surface area contributed by atoms with E-state index in [2.05, 4.69) is 5.32 Å². The Hall–Kier alpha value is -3.34. The smallest absolute Gasteiger partial charge is 0.255 e. The molecule has 0 unspecified atom stereocenters. The van der Waals surface area contributed by atoms with Gasteiger partial charge in [-0.2, -0.15) is 0 Å². The summed E-state index contributed by atoms with van der Waals surface area (Å²) in [6.07, 6.45) is 3.97. The molecule has 3 aromatic rings. The molecule has 1 N–H and O–H groups in total. The van der Waals surface area contributed by atoms with Crippen LogP contribution >= 0.6 is 0 Å². The molecule has 2 aromatic carbocycles. The molecule has 31 heavy (non-hydrogen) atoms. The van der Waals surface area contributed by atoms with Crippen molar-refractivity contribution in [3.05, 3.63) is 77.0 Å². The van der Waals surface area contributed by atoms with E-state index in [1.165, 1.54) is 6.42 Å². The molecule has 1 aliphatic heterocycles. The summed E-state index contributed by atoms with van der Waals surface area (Å²) in [4.78, 5) is 27.1. The summed E-state index contributed by atoms with van der Waals surface area (Å²) in [6.45, 7) is 3.34. The molecule has 158 valence electrons. The van der Waals surface area contributed by atoms with Crippen LogP contribution in [-0.4, -0.2) is 23.3 Å². The number of nitrogens with zero attached hydrogens (tertiary/aromatic N) is 1. The van der Waals surface area contributed by atoms with E-state index in [-0.39, 0.29) is 11.8 Å². The summed E-state index contributed by atoms with van der Waals surface area (Å²) in [5.74, 6) is 2.11. The first-order chi connectivity index (χ1) is 15.1. The molecule has 0 bridgehead atoms. The summed E-state index contributed by atoms with van der Waals surface area (Å²) in [6, 6.07) is 17.2. The highest BCUT2D eigenvalue weighted by Crippen LogP contribution is 2.33. The lowest BCUT2D eigenvalue weighted by Crippen LogP contribution is -2.41. The number of carbonyl (C=O) groups excluding carboxylic acids is 2. The minimum absolute atomic E-state index is 0.138. The van der Waals surface area contributed by atoms with Crippen LogP contribution in [0.4, 0.5) is 5.69 Å². The Kier molecular flexibility index (Phi) is 5.10. The van der Waals surface area contributed by atoms with Gasteiger partial charge in [0.15, 0.2) is 0 Å². The van der Waals surface area contributed by atoms with Gasteiger partial charge in [-0.05, 0) is 50.1 Å². The molecule has 1 saturated carbocycles. The Morgan fingerprint density at radius 1 is 1.06 bits per heavy atom. The van der Waals surface area contributed by atoms with Gasteiger partial charge in [-0.25, -0.2) is 0 Å². The number of benzene rings is 2. The first kappa shape index (κ1) is 19.6. The van der Waals surface area contributed by atoms with E-state index < -0.39 is 0 Å². The minimum Gasteiger partial charge on any atom is -0.461 e. The average Bonchev–Trinajstić information content (AvgIpc) is 3.16. The van der Waals surface area contributed by atoms with E-state index in [0.29, 0.717) is 18.0 Å². The molecule has 0 saturated heterocycles. The lowest BCUT2D eigenvalue weighted by atomic mass is 9.84. The average molecular weight is 415 g/mol. The number of fused-ring (bicyclic) bond motifs is 1. The summed E-state index contributed by atoms with van der Waals surface area (Å²) in [5, 5.41) is 2.96. The number of carbonyl (C=O) groups is 2. The zero-order chi connectivity index (χ0) is 21.4. The van der Waals surface area contributed by atoms with Crippen LogP contribution in [-0.2, 0) is 17.8 Å². The lowest BCUT2D eigenvalue weighted by molar-refractivity contribution is -0.139. The van der Waals surface area contributed by atoms with Gasteiger partial charge in [-0.3, -0.25) is 9.59 Å². The zero-order valence-electron chi connectivity index (χ0n) is 17.7. The van der Waals surface area contributed by atoms with Crippen molar-refractivity contribution in [1.82, 2.24) is 4.90 Å². The minimum atomic E-state index is -0.138. The maximum atomic E-state index is 12.6. The molecule has 5 nitrogen and oxygen atoms in total. The van der Waals surface area contributed by atoms with Gasteiger partial charge in [0.2, 0.25) is 5.91 Å². The summed E-state index contributed by atoms with van der Waals surface area (Å²) < 4.78 is 6.13. The summed E-state index contributed by atoms with van der Waals surface area (Å²) >= 11 is 0. The third kappa shape index (κ3) is 4.00. The van der Waals surface area contributed by atoms with Crippen LogP contribution in [0.15, 0.2) is 59.0 Å². The molecule has 1 aromatic heterocycles. The van der Waals surface area contributed by atoms with Gasteiger partial charge in [0, 0.05) is 47.8 Å². The molecule has 2 heterocycles. The number of furan rings is 1. The predicted octanol–water partition coefficient (Wildman–Crippen LogP) is 5.19. The van der Waals surface area contributed by atoms with E-state index in [4.69, 9.17) is 4.42 Å². The fourth-order valence-electron chi connectivity index (χ4n) is 4.24. The van der Waals surface area contributed by atoms with Crippen molar-refractivity contribution in [2.75, 3.05) is 11.9 Å². The summed E-state index contributed by atoms with van der Waals surface area (Å²) in [7, 11) is 0. The van der Waals surface area contributed by atoms with Gasteiger partial charge in [-0.1, -0.05) is 36.2 Å². The SMILES string of the molecule is Cc1ccc(C(=O)Nc2cccc(-c3cc4c(o3)CCN(C(=O)C3CCC3)C4)c2)cc1. The van der Waals surface area contributed by atoms with Crippen LogP contribution in [0.5, 0.6) is 0 Å². The van der Waals surface area contributed by atoms with E-state index in [9.17, 15) is 9.59 Å². The molecule has 0 spiro atoms. The molecule has 2 aliphatic rings. The zero-order valence-corrected chi connectivity index (χ0v) is 17.7. The second-order valence-electron chi connectivity index (χ2n) is 8.60. The Labute approximate surface area is 182 Å². The van der Waals surface area contributed by atoms with Gasteiger partial charge in [0.1, 0.15) is 11.5 Å². The monoisotopic (exact) mass is 414 g/mol. The number of rotatable bonds is 4. The van der Waals surface area contributed by atoms with Crippen LogP contribution in [0.1, 0.15) is 46.5 Å². The second kappa shape index (κ2) is 8.06. The van der Waals surface area contributed by atoms with Gasteiger partial charge in [0.25, 0.3) is 5.91 Å². The molecule has 1 fully saturated rings. The highest BCUT2D eigenvalue weighted by atomic mass is 16.3. The highest BCUT2D eigenvalue weighted by molar-refractivity contribution is 6.04. The molecule has 1 aliphatic carbocycles. The van der Waals surface area contributed by atoms with Crippen molar-refractivity contribution in [3.63, 3.8) is 0 Å².